The van der Waals surface area contributed by atoms with Crippen LogP contribution in [0.25, 0.3) is 17.2 Å². The molecule has 2 aromatic carbocycles. The van der Waals surface area contributed by atoms with Crippen LogP contribution in [0.1, 0.15) is 44.7 Å². The molecule has 1 N–H and O–H groups in total. The molecule has 27 heavy (non-hydrogen) atoms. The lowest BCUT2D eigenvalue weighted by atomic mass is 9.69. The summed E-state index contributed by atoms with van der Waals surface area (Å²) in [5, 5.41) is 10.3. The van der Waals surface area contributed by atoms with Crippen LogP contribution < -0.4 is 0 Å². The van der Waals surface area contributed by atoms with E-state index in [0.29, 0.717) is 12.8 Å². The van der Waals surface area contributed by atoms with Crippen molar-refractivity contribution < 1.29 is 14.3 Å². The highest BCUT2D eigenvalue weighted by atomic mass is 19.1. The van der Waals surface area contributed by atoms with Gasteiger partial charge in [0.1, 0.15) is 18.1 Å². The number of carbonyl (C=O) groups excluding carboxylic acids is 1. The molecule has 0 spiro atoms. The van der Waals surface area contributed by atoms with E-state index in [2.05, 4.69) is 55.5 Å². The van der Waals surface area contributed by atoms with Gasteiger partial charge < -0.3 is 5.11 Å². The number of allylic oxidation sites excluding steroid dienone is 1. The molecule has 0 aliphatic rings. The molecule has 0 heterocycles. The van der Waals surface area contributed by atoms with Gasteiger partial charge in [0.05, 0.1) is 5.41 Å². The van der Waals surface area contributed by atoms with E-state index in [4.69, 9.17) is 0 Å². The van der Waals surface area contributed by atoms with Crippen LogP contribution in [-0.2, 0) is 4.79 Å². The first kappa shape index (κ1) is 21.0. The van der Waals surface area contributed by atoms with Crippen molar-refractivity contribution in [3.8, 4) is 11.1 Å². The molecule has 0 saturated carbocycles. The second kappa shape index (κ2) is 8.62. The molecule has 0 aliphatic carbocycles. The monoisotopic (exact) mass is 368 g/mol. The first-order chi connectivity index (χ1) is 12.7. The number of aliphatic hydroxyl groups is 1. The van der Waals surface area contributed by atoms with Gasteiger partial charge in [0, 0.05) is 0 Å². The largest absolute Gasteiger partial charge is 0.386 e. The number of alkyl halides is 1. The van der Waals surface area contributed by atoms with E-state index in [-0.39, 0.29) is 5.78 Å². The van der Waals surface area contributed by atoms with Crippen LogP contribution in [0.5, 0.6) is 0 Å². The minimum Gasteiger partial charge on any atom is -0.386 e. The molecule has 0 unspecified atom stereocenters. The van der Waals surface area contributed by atoms with Gasteiger partial charge in [-0.25, -0.2) is 4.39 Å². The molecule has 3 heteroatoms. The van der Waals surface area contributed by atoms with Gasteiger partial charge in [0.25, 0.3) is 0 Å². The molecule has 2 aromatic rings. The highest BCUT2D eigenvalue weighted by Gasteiger charge is 2.46. The molecule has 2 nitrogen and oxygen atoms in total. The van der Waals surface area contributed by atoms with E-state index in [0.717, 1.165) is 5.56 Å². The maximum Gasteiger partial charge on any atom is 0.138 e. The molecular weight excluding hydrogens is 339 g/mol. The van der Waals surface area contributed by atoms with Crippen molar-refractivity contribution in [2.24, 2.45) is 5.41 Å². The zero-order valence-corrected chi connectivity index (χ0v) is 16.6. The Bertz CT molecular complexity index is 805. The number of hydrogen-bond donors (Lipinski definition) is 1. The summed E-state index contributed by atoms with van der Waals surface area (Å²) >= 11 is 0. The Balaban J connectivity index is 2.03. The highest BCUT2D eigenvalue weighted by molar-refractivity contribution is 5.83. The maximum atomic E-state index is 13.2. The van der Waals surface area contributed by atoms with Crippen LogP contribution in [-0.4, -0.2) is 23.2 Å². The van der Waals surface area contributed by atoms with Crippen LogP contribution in [0.2, 0.25) is 0 Å². The fourth-order valence-corrected chi connectivity index (χ4v) is 3.17. The molecule has 0 fully saturated rings. The fourth-order valence-electron chi connectivity index (χ4n) is 3.17. The molecular formula is C24H29FO2. The Morgan fingerprint density at radius 3 is 2.33 bits per heavy atom. The molecule has 0 amide bonds. The van der Waals surface area contributed by atoms with Crippen LogP contribution in [0.15, 0.2) is 54.6 Å². The predicted octanol–water partition coefficient (Wildman–Crippen LogP) is 5.77. The molecule has 0 bridgehead atoms. The average molecular weight is 368 g/mol. The Hall–Kier alpha value is -2.26. The first-order valence-corrected chi connectivity index (χ1v) is 9.33. The highest BCUT2D eigenvalue weighted by Crippen LogP contribution is 2.37. The number of hydrogen-bond acceptors (Lipinski definition) is 2. The number of halogens is 1. The minimum absolute atomic E-state index is 0.193. The summed E-state index contributed by atoms with van der Waals surface area (Å²) in [7, 11) is 0. The summed E-state index contributed by atoms with van der Waals surface area (Å²) in [5.74, 6) is -0.193. The molecule has 2 rings (SSSR count). The summed E-state index contributed by atoms with van der Waals surface area (Å²) in [5.41, 5.74) is 1.90. The second-order valence-electron chi connectivity index (χ2n) is 7.73. The minimum atomic E-state index is -1.65. The maximum absolute atomic E-state index is 13.2. The number of Topliss-reactive ketones (excluding diaryl/α,β-unsaturated/α-hetero) is 1. The summed E-state index contributed by atoms with van der Waals surface area (Å²) in [4.78, 5) is 12.0. The summed E-state index contributed by atoms with van der Waals surface area (Å²) in [6, 6.07) is 16.7. The summed E-state index contributed by atoms with van der Waals surface area (Å²) in [6.07, 6.45) is 4.95. The van der Waals surface area contributed by atoms with Crippen molar-refractivity contribution in [2.45, 2.75) is 46.1 Å². The zero-order valence-electron chi connectivity index (χ0n) is 16.6. The van der Waals surface area contributed by atoms with Crippen LogP contribution in [0.3, 0.4) is 0 Å². The van der Waals surface area contributed by atoms with Gasteiger partial charge in [-0.15, -0.1) is 0 Å². The molecule has 0 aromatic heterocycles. The van der Waals surface area contributed by atoms with E-state index in [1.165, 1.54) is 30.5 Å². The van der Waals surface area contributed by atoms with Gasteiger partial charge in [0.2, 0.25) is 0 Å². The Morgan fingerprint density at radius 2 is 1.78 bits per heavy atom. The smallest absolute Gasteiger partial charge is 0.138 e. The number of rotatable bonds is 8. The topological polar surface area (TPSA) is 37.3 Å². The molecule has 0 saturated heterocycles. The SMILES string of the molecule is CC(=O)[C@@](C)(CC/C=C/c1ccc(-c2cccc(C)c2)cc1)[C@](C)(O)CF. The van der Waals surface area contributed by atoms with Gasteiger partial charge in [-0.1, -0.05) is 66.2 Å². The van der Waals surface area contributed by atoms with Crippen LogP contribution >= 0.6 is 0 Å². The van der Waals surface area contributed by atoms with Crippen molar-refractivity contribution in [2.75, 3.05) is 6.67 Å². The molecule has 0 aliphatic heterocycles. The fraction of sp³-hybridized carbons (Fsp3) is 0.375. The normalized spacial score (nSPS) is 16.1. The van der Waals surface area contributed by atoms with Gasteiger partial charge >= 0.3 is 0 Å². The molecule has 144 valence electrons. The number of benzene rings is 2. The van der Waals surface area contributed by atoms with Crippen molar-refractivity contribution in [1.82, 2.24) is 0 Å². The van der Waals surface area contributed by atoms with Crippen molar-refractivity contribution >= 4 is 11.9 Å². The van der Waals surface area contributed by atoms with Crippen molar-refractivity contribution in [1.29, 1.82) is 0 Å². The van der Waals surface area contributed by atoms with Gasteiger partial charge in [-0.3, -0.25) is 4.79 Å². The van der Waals surface area contributed by atoms with Crippen molar-refractivity contribution in [3.05, 3.63) is 65.7 Å². The Kier molecular flexibility index (Phi) is 6.72. The summed E-state index contributed by atoms with van der Waals surface area (Å²) < 4.78 is 13.2. The Morgan fingerprint density at radius 1 is 1.11 bits per heavy atom. The van der Waals surface area contributed by atoms with E-state index in [9.17, 15) is 14.3 Å². The second-order valence-corrected chi connectivity index (χ2v) is 7.73. The van der Waals surface area contributed by atoms with Gasteiger partial charge in [-0.05, 0) is 57.2 Å². The van der Waals surface area contributed by atoms with E-state index in [1.54, 1.807) is 6.92 Å². The third-order valence-corrected chi connectivity index (χ3v) is 5.61. The molecule has 0 radical (unpaired) electrons. The third kappa shape index (κ3) is 4.92. The number of carbonyl (C=O) groups is 1. The van der Waals surface area contributed by atoms with Crippen molar-refractivity contribution in [3.63, 3.8) is 0 Å². The lowest BCUT2D eigenvalue weighted by molar-refractivity contribution is -0.145. The lowest BCUT2D eigenvalue weighted by Gasteiger charge is -2.39. The van der Waals surface area contributed by atoms with Gasteiger partial charge in [-0.2, -0.15) is 0 Å². The lowest BCUT2D eigenvalue weighted by Crippen LogP contribution is -2.50. The zero-order chi connectivity index (χ0) is 20.1. The quantitative estimate of drug-likeness (QED) is 0.642. The van der Waals surface area contributed by atoms with Gasteiger partial charge in [0.15, 0.2) is 0 Å². The first-order valence-electron chi connectivity index (χ1n) is 9.33. The van der Waals surface area contributed by atoms with E-state index >= 15 is 0 Å². The number of ketones is 1. The summed E-state index contributed by atoms with van der Waals surface area (Å²) in [6.45, 7) is 5.59. The van der Waals surface area contributed by atoms with Crippen LogP contribution in [0, 0.1) is 12.3 Å². The predicted molar refractivity (Wildman–Crippen MR) is 110 cm³/mol. The van der Waals surface area contributed by atoms with E-state index in [1.807, 2.05) is 12.2 Å². The Labute approximate surface area is 161 Å². The van der Waals surface area contributed by atoms with Crippen LogP contribution in [0.4, 0.5) is 4.39 Å². The third-order valence-electron chi connectivity index (χ3n) is 5.61. The standard InChI is InChI=1S/C24H29FO2/c1-18-8-7-10-22(16-18)21-13-11-20(12-14-21)9-5-6-15-23(3,19(2)26)24(4,27)17-25/h5,7-14,16,27H,6,15,17H2,1-4H3/b9-5+/t23-,24-/m1/s1. The van der Waals surface area contributed by atoms with E-state index < -0.39 is 17.7 Å². The average Bonchev–Trinajstić information content (AvgIpc) is 2.65. The molecule has 2 atom stereocenters. The number of aryl methyl sites for hydroxylation is 1.